The maximum absolute atomic E-state index is 12.3. The molecular formula is C15H20O4. The minimum atomic E-state index is -1.13. The van der Waals surface area contributed by atoms with Gasteiger partial charge in [-0.25, -0.2) is 0 Å². The zero-order chi connectivity index (χ0) is 14.0. The second-order valence-corrected chi connectivity index (χ2v) is 6.46. The van der Waals surface area contributed by atoms with Gasteiger partial charge in [-0.1, -0.05) is 26.0 Å². The number of methoxy groups -OCH3 is 1. The molecule has 0 aromatic heterocycles. The van der Waals surface area contributed by atoms with E-state index in [1.807, 2.05) is 0 Å². The second-order valence-electron chi connectivity index (χ2n) is 6.46. The van der Waals surface area contributed by atoms with Crippen molar-refractivity contribution in [3.8, 4) is 0 Å². The number of carbonyl (C=O) groups excluding carboxylic acids is 2. The Labute approximate surface area is 113 Å². The van der Waals surface area contributed by atoms with Crippen LogP contribution in [0, 0.1) is 22.7 Å². The number of esters is 2. The molecule has 1 saturated heterocycles. The summed E-state index contributed by atoms with van der Waals surface area (Å²) in [5.74, 6) is -0.653. The van der Waals surface area contributed by atoms with Crippen molar-refractivity contribution in [2.24, 2.45) is 22.7 Å². The normalized spacial score (nSPS) is 47.8. The molecule has 3 aliphatic rings. The molecule has 0 radical (unpaired) electrons. The molecule has 0 unspecified atom stereocenters. The molecule has 0 aromatic rings. The predicted octanol–water partition coefficient (Wildman–Crippen LogP) is 2.08. The van der Waals surface area contributed by atoms with E-state index in [4.69, 9.17) is 9.47 Å². The lowest BCUT2D eigenvalue weighted by molar-refractivity contribution is -0.166. The van der Waals surface area contributed by atoms with Gasteiger partial charge in [-0.3, -0.25) is 9.59 Å². The van der Waals surface area contributed by atoms with Crippen LogP contribution in [0.5, 0.6) is 0 Å². The van der Waals surface area contributed by atoms with Crippen LogP contribution in [0.2, 0.25) is 0 Å². The summed E-state index contributed by atoms with van der Waals surface area (Å²) in [5, 5.41) is 0. The van der Waals surface area contributed by atoms with E-state index in [1.54, 1.807) is 0 Å². The Bertz CT molecular complexity index is 483. The summed E-state index contributed by atoms with van der Waals surface area (Å²) in [7, 11) is 1.33. The fourth-order valence-electron chi connectivity index (χ4n) is 4.36. The molecule has 2 aliphatic carbocycles. The molecule has 19 heavy (non-hydrogen) atoms. The van der Waals surface area contributed by atoms with Crippen molar-refractivity contribution in [2.75, 3.05) is 7.11 Å². The van der Waals surface area contributed by atoms with E-state index in [0.29, 0.717) is 12.3 Å². The summed E-state index contributed by atoms with van der Waals surface area (Å²) >= 11 is 0. The molecule has 3 rings (SSSR count). The van der Waals surface area contributed by atoms with Crippen molar-refractivity contribution in [1.82, 2.24) is 0 Å². The highest BCUT2D eigenvalue weighted by Crippen LogP contribution is 2.64. The number of hydrogen-bond donors (Lipinski definition) is 0. The van der Waals surface area contributed by atoms with Crippen LogP contribution in [-0.4, -0.2) is 25.2 Å². The van der Waals surface area contributed by atoms with E-state index < -0.39 is 17.4 Å². The van der Waals surface area contributed by atoms with Crippen LogP contribution in [0.15, 0.2) is 12.2 Å². The molecular weight excluding hydrogens is 244 g/mol. The summed E-state index contributed by atoms with van der Waals surface area (Å²) in [5.41, 5.74) is -0.123. The molecule has 104 valence electrons. The Balaban J connectivity index is 2.13. The van der Waals surface area contributed by atoms with Crippen LogP contribution in [0.1, 0.15) is 33.1 Å². The second kappa shape index (κ2) is 3.62. The number of rotatable bonds is 1. The minimum Gasteiger partial charge on any atom is -0.468 e. The van der Waals surface area contributed by atoms with Crippen molar-refractivity contribution in [1.29, 1.82) is 0 Å². The third-order valence-electron chi connectivity index (χ3n) is 5.90. The van der Waals surface area contributed by atoms with Crippen molar-refractivity contribution in [2.45, 2.75) is 39.2 Å². The van der Waals surface area contributed by atoms with Gasteiger partial charge in [-0.2, -0.15) is 0 Å². The van der Waals surface area contributed by atoms with Crippen LogP contribution in [0.4, 0.5) is 0 Å². The summed E-state index contributed by atoms with van der Waals surface area (Å²) in [6.45, 7) is 8.59. The van der Waals surface area contributed by atoms with Gasteiger partial charge in [0, 0.05) is 5.92 Å². The van der Waals surface area contributed by atoms with Gasteiger partial charge in [0.2, 0.25) is 0 Å². The molecule has 1 aliphatic heterocycles. The number of ether oxygens (including phenoxy) is 2. The Kier molecular flexibility index (Phi) is 2.42. The van der Waals surface area contributed by atoms with Crippen LogP contribution >= 0.6 is 0 Å². The van der Waals surface area contributed by atoms with Gasteiger partial charge in [-0.05, 0) is 30.6 Å². The van der Waals surface area contributed by atoms with Gasteiger partial charge in [0.25, 0.3) is 0 Å². The number of fused-ring (bicyclic) bond motifs is 1. The maximum Gasteiger partial charge on any atom is 0.324 e. The van der Waals surface area contributed by atoms with Gasteiger partial charge in [-0.15, -0.1) is 0 Å². The molecule has 3 fully saturated rings. The topological polar surface area (TPSA) is 52.6 Å². The van der Waals surface area contributed by atoms with Gasteiger partial charge in [0.1, 0.15) is 6.10 Å². The average Bonchev–Trinajstić information content (AvgIpc) is 2.67. The van der Waals surface area contributed by atoms with Crippen molar-refractivity contribution in [3.05, 3.63) is 12.2 Å². The van der Waals surface area contributed by atoms with Crippen molar-refractivity contribution >= 4 is 11.9 Å². The Morgan fingerprint density at radius 3 is 2.79 bits per heavy atom. The van der Waals surface area contributed by atoms with Crippen molar-refractivity contribution in [3.63, 3.8) is 0 Å². The van der Waals surface area contributed by atoms with Crippen LogP contribution in [0.3, 0.4) is 0 Å². The van der Waals surface area contributed by atoms with Crippen molar-refractivity contribution < 1.29 is 19.1 Å². The maximum atomic E-state index is 12.3. The number of carbonyl (C=O) groups is 2. The van der Waals surface area contributed by atoms with E-state index >= 15 is 0 Å². The lowest BCUT2D eigenvalue weighted by Gasteiger charge is -2.53. The largest absolute Gasteiger partial charge is 0.468 e. The molecule has 2 saturated carbocycles. The van der Waals surface area contributed by atoms with E-state index in [-0.39, 0.29) is 17.4 Å². The monoisotopic (exact) mass is 264 g/mol. The zero-order valence-electron chi connectivity index (χ0n) is 11.7. The van der Waals surface area contributed by atoms with E-state index in [1.165, 1.54) is 7.11 Å². The third kappa shape index (κ3) is 1.25. The fraction of sp³-hybridized carbons (Fsp3) is 0.733. The zero-order valence-corrected chi connectivity index (χ0v) is 11.7. The summed E-state index contributed by atoms with van der Waals surface area (Å²) in [4.78, 5) is 24.5. The molecule has 0 amide bonds. The molecule has 4 heteroatoms. The smallest absolute Gasteiger partial charge is 0.324 e. The van der Waals surface area contributed by atoms with E-state index in [0.717, 1.165) is 18.4 Å². The van der Waals surface area contributed by atoms with Gasteiger partial charge < -0.3 is 9.47 Å². The summed E-state index contributed by atoms with van der Waals surface area (Å²) in [6, 6.07) is 0. The minimum absolute atomic E-state index is 0.00662. The molecule has 0 spiro atoms. The molecule has 5 atom stereocenters. The first kappa shape index (κ1) is 12.7. The quantitative estimate of drug-likeness (QED) is 0.413. The molecule has 2 bridgehead atoms. The highest BCUT2D eigenvalue weighted by atomic mass is 16.6. The summed E-state index contributed by atoms with van der Waals surface area (Å²) < 4.78 is 10.4. The average molecular weight is 264 g/mol. The van der Waals surface area contributed by atoms with Gasteiger partial charge >= 0.3 is 11.9 Å². The highest BCUT2D eigenvalue weighted by Gasteiger charge is 2.70. The third-order valence-corrected chi connectivity index (χ3v) is 5.90. The lowest BCUT2D eigenvalue weighted by Crippen LogP contribution is -2.54. The Morgan fingerprint density at radius 2 is 2.16 bits per heavy atom. The van der Waals surface area contributed by atoms with Gasteiger partial charge in [0.15, 0.2) is 5.41 Å². The molecule has 0 aromatic carbocycles. The van der Waals surface area contributed by atoms with Crippen LogP contribution in [0.25, 0.3) is 0 Å². The summed E-state index contributed by atoms with van der Waals surface area (Å²) in [6.07, 6.45) is 1.91. The molecule has 0 N–H and O–H groups in total. The first-order valence-electron chi connectivity index (χ1n) is 6.86. The standard InChI is InChI=1S/C15H20O4/c1-8-7-10-11-9(2)14(8,3)5-6-15(11,12(16)18-4)13(17)19-10/h8,10-11H,2,5-7H2,1,3-4H3/t8-,10+,11-,14+,15+/m0/s1. The van der Waals surface area contributed by atoms with Gasteiger partial charge in [0.05, 0.1) is 7.11 Å². The fourth-order valence-corrected chi connectivity index (χ4v) is 4.36. The first-order chi connectivity index (χ1) is 8.87. The first-order valence-corrected chi connectivity index (χ1v) is 6.86. The molecule has 4 nitrogen and oxygen atoms in total. The number of hydrogen-bond acceptors (Lipinski definition) is 4. The van der Waals surface area contributed by atoms with E-state index in [2.05, 4.69) is 20.4 Å². The molecule has 1 heterocycles. The van der Waals surface area contributed by atoms with E-state index in [9.17, 15) is 9.59 Å². The SMILES string of the molecule is C=C1[C@H]2[C@H]3C[C@H](C)[C@@]1(C)CC[C@@]2(C(=O)OC)C(=O)O3. The predicted molar refractivity (Wildman–Crippen MR) is 68.1 cm³/mol. The Morgan fingerprint density at radius 1 is 1.47 bits per heavy atom. The highest BCUT2D eigenvalue weighted by molar-refractivity contribution is 6.02. The van der Waals surface area contributed by atoms with Crippen LogP contribution < -0.4 is 0 Å². The lowest BCUT2D eigenvalue weighted by atomic mass is 9.48. The Hall–Kier alpha value is -1.32. The van der Waals surface area contributed by atoms with Crippen LogP contribution in [-0.2, 0) is 19.1 Å².